The Morgan fingerprint density at radius 2 is 2.00 bits per heavy atom. The second kappa shape index (κ2) is 7.28. The molecule has 0 radical (unpaired) electrons. The average Bonchev–Trinajstić information content (AvgIpc) is 3.49. The summed E-state index contributed by atoms with van der Waals surface area (Å²) in [5.41, 5.74) is 1.04. The van der Waals surface area contributed by atoms with Gasteiger partial charge in [0.15, 0.2) is 0 Å². The molecule has 2 aromatic heterocycles. The van der Waals surface area contributed by atoms with Gasteiger partial charge in [-0.25, -0.2) is 0 Å². The van der Waals surface area contributed by atoms with E-state index in [2.05, 4.69) is 9.97 Å². The van der Waals surface area contributed by atoms with Gasteiger partial charge in [-0.05, 0) is 42.2 Å². The number of nitrogens with one attached hydrogen (secondary N) is 1. The minimum absolute atomic E-state index is 0.0196. The van der Waals surface area contributed by atoms with E-state index in [0.29, 0.717) is 0 Å². The van der Waals surface area contributed by atoms with Crippen molar-refractivity contribution in [3.63, 3.8) is 0 Å². The third-order valence-electron chi connectivity index (χ3n) is 7.63. The summed E-state index contributed by atoms with van der Waals surface area (Å²) in [5, 5.41) is 9.95. The lowest BCUT2D eigenvalue weighted by Gasteiger charge is -2.42. The summed E-state index contributed by atoms with van der Waals surface area (Å²) in [7, 11) is 0. The van der Waals surface area contributed by atoms with Crippen molar-refractivity contribution >= 4 is 40.9 Å². The van der Waals surface area contributed by atoms with Crippen LogP contribution in [-0.4, -0.2) is 49.6 Å². The summed E-state index contributed by atoms with van der Waals surface area (Å²) in [5.74, 6) is -1.58. The highest BCUT2D eigenvalue weighted by atomic mass is 32.2. The summed E-state index contributed by atoms with van der Waals surface area (Å²) in [6.07, 6.45) is 4.63. The van der Waals surface area contributed by atoms with Crippen molar-refractivity contribution in [1.29, 1.82) is 0 Å². The van der Waals surface area contributed by atoms with Crippen LogP contribution in [-0.2, 0) is 14.4 Å². The summed E-state index contributed by atoms with van der Waals surface area (Å²) in [4.78, 5) is 59.1. The molecule has 2 saturated carbocycles. The standard InChI is InChI=1S/C22H21N3O5S2/c26-12(27)4-2-6-25-20(28)15-10-7-11(16(15)21(25)29)17-14(10)13(9-3-1-5-23-8-9)18-19(31-17)24-22(30)32-18/h1,3,5,8,10-11,13-17H,2,4,6-7H2,(H,24,30)(H,26,27)/t10-,11+,13+,14+,15+,16+,17+/m0/s1. The molecule has 166 valence electrons. The molecule has 2 N–H and O–H groups in total. The number of carboxylic acid groups (broad SMARTS) is 1. The maximum atomic E-state index is 13.3. The number of hydrogen-bond acceptors (Lipinski definition) is 7. The number of aliphatic carboxylic acids is 1. The highest BCUT2D eigenvalue weighted by Gasteiger charge is 2.69. The molecule has 32 heavy (non-hydrogen) atoms. The fourth-order valence-electron chi connectivity index (χ4n) is 6.62. The Morgan fingerprint density at radius 1 is 1.22 bits per heavy atom. The topological polar surface area (TPSA) is 120 Å². The number of amides is 2. The van der Waals surface area contributed by atoms with Crippen LogP contribution in [0.4, 0.5) is 0 Å². The number of carbonyl (C=O) groups is 3. The van der Waals surface area contributed by atoms with Crippen molar-refractivity contribution in [2.75, 3.05) is 6.54 Å². The Kier molecular flexibility index (Phi) is 4.59. The van der Waals surface area contributed by atoms with Crippen molar-refractivity contribution in [3.8, 4) is 0 Å². The lowest BCUT2D eigenvalue weighted by Crippen LogP contribution is -2.42. The van der Waals surface area contributed by atoms with Crippen LogP contribution in [0.5, 0.6) is 0 Å². The number of thiazole rings is 1. The number of aromatic nitrogens is 2. The fourth-order valence-corrected chi connectivity index (χ4v) is 9.51. The largest absolute Gasteiger partial charge is 0.481 e. The third-order valence-corrected chi connectivity index (χ3v) is 10.2. The SMILES string of the molecule is O=C(O)CCCN1C(=O)[C@@H]2[C@H]3C[C@@H]([C@H]4Sc5[nH]c(=O)sc5[C@H](c5cccnc5)[C@@H]34)[C@H]2C1=O. The van der Waals surface area contributed by atoms with E-state index in [0.717, 1.165) is 21.9 Å². The first kappa shape index (κ1) is 20.2. The minimum atomic E-state index is -0.925. The third kappa shape index (κ3) is 2.78. The van der Waals surface area contributed by atoms with Gasteiger partial charge in [-0.3, -0.25) is 29.1 Å². The Labute approximate surface area is 191 Å². The van der Waals surface area contributed by atoms with Gasteiger partial charge in [-0.15, -0.1) is 11.8 Å². The molecule has 4 aliphatic rings. The number of hydrogen-bond donors (Lipinski definition) is 2. The zero-order valence-electron chi connectivity index (χ0n) is 17.0. The summed E-state index contributed by atoms with van der Waals surface area (Å²) < 4.78 is 0. The molecule has 2 aromatic rings. The van der Waals surface area contributed by atoms with Crippen molar-refractivity contribution in [2.24, 2.45) is 29.6 Å². The number of nitrogens with zero attached hydrogens (tertiary/aromatic N) is 2. The molecule has 2 aliphatic carbocycles. The van der Waals surface area contributed by atoms with E-state index in [1.165, 1.54) is 16.2 Å². The molecule has 0 unspecified atom stereocenters. The molecular formula is C22H21N3O5S2. The molecule has 0 aromatic carbocycles. The fraction of sp³-hybridized carbons (Fsp3) is 0.500. The number of imide groups is 1. The van der Waals surface area contributed by atoms with Gasteiger partial charge in [-0.1, -0.05) is 17.4 Å². The molecular weight excluding hydrogens is 450 g/mol. The number of carbonyl (C=O) groups excluding carboxylic acids is 2. The second-order valence-corrected chi connectivity index (χ2v) is 11.3. The van der Waals surface area contributed by atoms with E-state index in [1.54, 1.807) is 18.0 Å². The molecule has 7 atom stereocenters. The predicted molar refractivity (Wildman–Crippen MR) is 116 cm³/mol. The average molecular weight is 472 g/mol. The van der Waals surface area contributed by atoms with Crippen LogP contribution in [0.1, 0.15) is 35.6 Å². The van der Waals surface area contributed by atoms with Gasteiger partial charge in [0, 0.05) is 41.4 Å². The summed E-state index contributed by atoms with van der Waals surface area (Å²) >= 11 is 2.89. The Hall–Kier alpha value is -2.46. The molecule has 2 amide bonds. The molecule has 0 spiro atoms. The van der Waals surface area contributed by atoms with Crippen LogP contribution in [0.15, 0.2) is 34.3 Å². The molecule has 3 fully saturated rings. The van der Waals surface area contributed by atoms with E-state index < -0.39 is 5.97 Å². The molecule has 4 heterocycles. The van der Waals surface area contributed by atoms with Gasteiger partial charge in [0.05, 0.1) is 16.9 Å². The normalized spacial score (nSPS) is 34.5. The van der Waals surface area contributed by atoms with Crippen LogP contribution >= 0.6 is 23.1 Å². The minimum Gasteiger partial charge on any atom is -0.481 e. The second-order valence-electron chi connectivity index (χ2n) is 9.07. The van der Waals surface area contributed by atoms with Crippen molar-refractivity contribution in [3.05, 3.63) is 44.6 Å². The summed E-state index contributed by atoms with van der Waals surface area (Å²) in [6, 6.07) is 3.92. The number of H-pyrrole nitrogens is 1. The molecule has 1 saturated heterocycles. The molecule has 8 nitrogen and oxygen atoms in total. The van der Waals surface area contributed by atoms with Gasteiger partial charge in [0.1, 0.15) is 0 Å². The lowest BCUT2D eigenvalue weighted by atomic mass is 9.68. The zero-order chi connectivity index (χ0) is 22.1. The predicted octanol–water partition coefficient (Wildman–Crippen LogP) is 2.17. The van der Waals surface area contributed by atoms with Crippen LogP contribution in [0.25, 0.3) is 0 Å². The maximum Gasteiger partial charge on any atom is 0.305 e. The molecule has 6 rings (SSSR count). The van der Waals surface area contributed by atoms with E-state index in [-0.39, 0.29) is 76.8 Å². The van der Waals surface area contributed by atoms with Gasteiger partial charge in [0.25, 0.3) is 0 Å². The number of thioether (sulfide) groups is 1. The number of rotatable bonds is 5. The van der Waals surface area contributed by atoms with E-state index in [9.17, 15) is 19.2 Å². The quantitative estimate of drug-likeness (QED) is 0.641. The van der Waals surface area contributed by atoms with Crippen LogP contribution in [0.2, 0.25) is 0 Å². The zero-order valence-corrected chi connectivity index (χ0v) is 18.6. The number of pyridine rings is 1. The number of likely N-dealkylation sites (tertiary alicyclic amines) is 1. The van der Waals surface area contributed by atoms with Gasteiger partial charge < -0.3 is 10.1 Å². The maximum absolute atomic E-state index is 13.3. The van der Waals surface area contributed by atoms with Crippen LogP contribution in [0, 0.1) is 29.6 Å². The number of carboxylic acids is 1. The lowest BCUT2D eigenvalue weighted by molar-refractivity contribution is -0.142. The highest BCUT2D eigenvalue weighted by molar-refractivity contribution is 8.00. The Balaban J connectivity index is 1.37. The first-order chi connectivity index (χ1) is 15.5. The van der Waals surface area contributed by atoms with Crippen LogP contribution in [0.3, 0.4) is 0 Å². The van der Waals surface area contributed by atoms with Crippen molar-refractivity contribution < 1.29 is 19.5 Å². The first-order valence-corrected chi connectivity index (χ1v) is 12.5. The molecule has 2 aliphatic heterocycles. The highest BCUT2D eigenvalue weighted by Crippen LogP contribution is 2.68. The first-order valence-electron chi connectivity index (χ1n) is 10.8. The summed E-state index contributed by atoms with van der Waals surface area (Å²) in [6.45, 7) is 0.172. The molecule has 10 heteroatoms. The van der Waals surface area contributed by atoms with E-state index >= 15 is 0 Å². The van der Waals surface area contributed by atoms with Crippen molar-refractivity contribution in [1.82, 2.24) is 14.9 Å². The van der Waals surface area contributed by atoms with Crippen LogP contribution < -0.4 is 4.87 Å². The van der Waals surface area contributed by atoms with E-state index in [1.807, 2.05) is 18.3 Å². The van der Waals surface area contributed by atoms with E-state index in [4.69, 9.17) is 5.11 Å². The number of aromatic amines is 1. The monoisotopic (exact) mass is 471 g/mol. The Bertz CT molecular complexity index is 1180. The number of fused-ring (bicyclic) bond motifs is 9. The smallest absolute Gasteiger partial charge is 0.305 e. The Morgan fingerprint density at radius 3 is 2.72 bits per heavy atom. The van der Waals surface area contributed by atoms with Gasteiger partial charge >= 0.3 is 10.8 Å². The molecule has 2 bridgehead atoms. The van der Waals surface area contributed by atoms with Crippen molar-refractivity contribution in [2.45, 2.75) is 35.5 Å². The van der Waals surface area contributed by atoms with Gasteiger partial charge in [0.2, 0.25) is 11.8 Å². The van der Waals surface area contributed by atoms with Gasteiger partial charge in [-0.2, -0.15) is 0 Å².